The Bertz CT molecular complexity index is 1480. The van der Waals surface area contributed by atoms with Gasteiger partial charge in [0.15, 0.2) is 0 Å². The van der Waals surface area contributed by atoms with E-state index in [9.17, 15) is 9.59 Å². The molecule has 0 saturated heterocycles. The number of hydrazine groups is 2. The van der Waals surface area contributed by atoms with Gasteiger partial charge in [0.2, 0.25) is 5.91 Å². The normalized spacial score (nSPS) is 13.7. The molecule has 2 aromatic carbocycles. The Hall–Kier alpha value is -3.77. The molecule has 0 unspecified atom stereocenters. The highest BCUT2D eigenvalue weighted by Crippen LogP contribution is 2.32. The number of hydrogen-bond donors (Lipinski definition) is 3. The van der Waals surface area contributed by atoms with Crippen molar-refractivity contribution in [3.8, 4) is 11.3 Å². The van der Waals surface area contributed by atoms with Gasteiger partial charge in [-0.2, -0.15) is 0 Å². The van der Waals surface area contributed by atoms with Crippen molar-refractivity contribution in [3.63, 3.8) is 0 Å². The van der Waals surface area contributed by atoms with Crippen LogP contribution in [0.1, 0.15) is 11.6 Å². The van der Waals surface area contributed by atoms with Gasteiger partial charge in [-0.25, -0.2) is 4.98 Å². The fourth-order valence-corrected chi connectivity index (χ4v) is 4.45. The molecule has 2 aromatic heterocycles. The van der Waals surface area contributed by atoms with Gasteiger partial charge in [-0.15, -0.1) is 10.6 Å². The Morgan fingerprint density at radius 2 is 1.97 bits per heavy atom. The number of anilines is 2. The number of nitrogens with zero attached hydrogens (tertiary/aromatic N) is 5. The summed E-state index contributed by atoms with van der Waals surface area (Å²) in [6.07, 6.45) is 4.76. The van der Waals surface area contributed by atoms with E-state index in [0.29, 0.717) is 32.1 Å². The third kappa shape index (κ3) is 5.24. The Morgan fingerprint density at radius 1 is 1.14 bits per heavy atom. The maximum absolute atomic E-state index is 13.3. The van der Waals surface area contributed by atoms with Crippen LogP contribution in [0.4, 0.5) is 10.7 Å². The molecule has 0 spiro atoms. The largest absolute Gasteiger partial charge is 0.313 e. The van der Waals surface area contributed by atoms with Gasteiger partial charge in [-0.1, -0.05) is 58.0 Å². The molecule has 1 aliphatic heterocycles. The monoisotopic (exact) mass is 540 g/mol. The Balaban J connectivity index is 1.51. The maximum atomic E-state index is 13.3. The van der Waals surface area contributed by atoms with Crippen LogP contribution in [0.5, 0.6) is 0 Å². The van der Waals surface area contributed by atoms with Gasteiger partial charge in [0.25, 0.3) is 5.56 Å². The Labute approximate surface area is 219 Å². The zero-order valence-corrected chi connectivity index (χ0v) is 20.8. The van der Waals surface area contributed by atoms with Crippen molar-refractivity contribution in [2.45, 2.75) is 12.5 Å². The van der Waals surface area contributed by atoms with Crippen LogP contribution in [0.3, 0.4) is 0 Å². The van der Waals surface area contributed by atoms with E-state index < -0.39 is 11.6 Å². The third-order valence-corrected chi connectivity index (χ3v) is 6.39. The number of aromatic nitrogens is 4. The third-order valence-electron chi connectivity index (χ3n) is 5.39. The summed E-state index contributed by atoms with van der Waals surface area (Å²) < 4.78 is 5.08. The van der Waals surface area contributed by atoms with E-state index in [4.69, 9.17) is 23.2 Å². The molecule has 5 rings (SSSR count). The molecule has 36 heavy (non-hydrogen) atoms. The summed E-state index contributed by atoms with van der Waals surface area (Å²) >= 11 is 13.3. The van der Waals surface area contributed by atoms with Crippen LogP contribution in [-0.2, 0) is 11.2 Å². The summed E-state index contributed by atoms with van der Waals surface area (Å²) in [5, 5.41) is 9.52. The molecule has 4 aromatic rings. The molecule has 0 bridgehead atoms. The van der Waals surface area contributed by atoms with E-state index in [0.717, 1.165) is 17.1 Å². The number of carbonyl (C=O) groups excluding carboxylic acids is 1. The second kappa shape index (κ2) is 10.5. The van der Waals surface area contributed by atoms with Crippen molar-refractivity contribution in [1.82, 2.24) is 30.1 Å². The molecule has 13 heteroatoms. The van der Waals surface area contributed by atoms with Crippen molar-refractivity contribution in [1.29, 1.82) is 0 Å². The van der Waals surface area contributed by atoms with E-state index in [1.54, 1.807) is 29.4 Å². The van der Waals surface area contributed by atoms with Crippen LogP contribution in [0.25, 0.3) is 11.3 Å². The van der Waals surface area contributed by atoms with E-state index in [1.807, 2.05) is 30.3 Å². The second-order valence-corrected chi connectivity index (χ2v) is 9.37. The van der Waals surface area contributed by atoms with Crippen molar-refractivity contribution in [3.05, 3.63) is 99.4 Å². The van der Waals surface area contributed by atoms with Crippen LogP contribution in [-0.4, -0.2) is 25.0 Å². The quantitative estimate of drug-likeness (QED) is 0.304. The van der Waals surface area contributed by atoms with E-state index in [2.05, 4.69) is 30.8 Å². The number of carbonyl (C=O) groups is 1. The molecule has 1 atom stereocenters. The second-order valence-electron chi connectivity index (χ2n) is 7.74. The Morgan fingerprint density at radius 3 is 2.67 bits per heavy atom. The fourth-order valence-electron chi connectivity index (χ4n) is 3.72. The number of hydrogen-bond acceptors (Lipinski definition) is 9. The van der Waals surface area contributed by atoms with Crippen molar-refractivity contribution in [2.24, 2.45) is 0 Å². The predicted molar refractivity (Wildman–Crippen MR) is 139 cm³/mol. The topological polar surface area (TPSA) is 117 Å². The van der Waals surface area contributed by atoms with Crippen LogP contribution < -0.4 is 26.8 Å². The van der Waals surface area contributed by atoms with Gasteiger partial charge >= 0.3 is 0 Å². The van der Waals surface area contributed by atoms with Gasteiger partial charge in [0.1, 0.15) is 16.2 Å². The number of benzene rings is 2. The Kier molecular flexibility index (Phi) is 6.96. The molecule has 0 aliphatic carbocycles. The summed E-state index contributed by atoms with van der Waals surface area (Å²) in [4.78, 5) is 31.1. The van der Waals surface area contributed by atoms with Gasteiger partial charge < -0.3 is 5.32 Å². The minimum atomic E-state index is -0.853. The first kappa shape index (κ1) is 23.9. The molecule has 1 aliphatic rings. The summed E-state index contributed by atoms with van der Waals surface area (Å²) in [5.74, 6) is -0.378. The first-order valence-electron chi connectivity index (χ1n) is 10.7. The summed E-state index contributed by atoms with van der Waals surface area (Å²) in [7, 11) is 0. The number of halogens is 2. The molecule has 3 N–H and O–H groups in total. The van der Waals surface area contributed by atoms with Crippen LogP contribution in [0, 0.1) is 0 Å². The first-order valence-corrected chi connectivity index (χ1v) is 12.2. The van der Waals surface area contributed by atoms with Gasteiger partial charge in [-0.3, -0.25) is 24.6 Å². The summed E-state index contributed by atoms with van der Waals surface area (Å²) in [5.41, 5.74) is 7.84. The zero-order valence-electron chi connectivity index (χ0n) is 18.4. The molecule has 10 nitrogen and oxygen atoms in total. The van der Waals surface area contributed by atoms with Gasteiger partial charge in [0.05, 0.1) is 30.1 Å². The minimum Gasteiger partial charge on any atom is -0.313 e. The lowest BCUT2D eigenvalue weighted by Gasteiger charge is -2.21. The molecule has 3 heterocycles. The summed E-state index contributed by atoms with van der Waals surface area (Å²) in [6.45, 7) is 0. The SMILES string of the molecule is O=C(Nc1cnns1)[C@H](Cc1ccccc1)n1cnc(-c2cc(Cl)ccc2N2C=C(Cl)NN2)cc1=O. The molecule has 182 valence electrons. The van der Waals surface area contributed by atoms with Crippen molar-refractivity contribution < 1.29 is 4.79 Å². The molecular formula is C23H18Cl2N8O2S. The average Bonchev–Trinajstić information content (AvgIpc) is 3.55. The highest BCUT2D eigenvalue weighted by molar-refractivity contribution is 7.10. The van der Waals surface area contributed by atoms with Crippen LogP contribution in [0.15, 0.2) is 83.3 Å². The number of rotatable bonds is 7. The maximum Gasteiger partial charge on any atom is 0.254 e. The first-order chi connectivity index (χ1) is 17.5. The smallest absolute Gasteiger partial charge is 0.254 e. The van der Waals surface area contributed by atoms with E-state index in [1.165, 1.54) is 23.2 Å². The van der Waals surface area contributed by atoms with Gasteiger partial charge in [-0.05, 0) is 23.8 Å². The van der Waals surface area contributed by atoms with Crippen LogP contribution >= 0.6 is 34.7 Å². The molecule has 0 saturated carbocycles. The minimum absolute atomic E-state index is 0.287. The lowest BCUT2D eigenvalue weighted by atomic mass is 10.0. The fraction of sp³-hybridized carbons (Fsp3) is 0.0870. The summed E-state index contributed by atoms with van der Waals surface area (Å²) in [6, 6.07) is 15.2. The van der Waals surface area contributed by atoms with Crippen molar-refractivity contribution in [2.75, 3.05) is 10.3 Å². The molecule has 1 amide bonds. The lowest BCUT2D eigenvalue weighted by Crippen LogP contribution is -2.36. The predicted octanol–water partition coefficient (Wildman–Crippen LogP) is 3.70. The van der Waals surface area contributed by atoms with Gasteiger partial charge in [0, 0.05) is 34.6 Å². The molecule has 0 radical (unpaired) electrons. The van der Waals surface area contributed by atoms with E-state index in [-0.39, 0.29) is 12.3 Å². The average molecular weight is 541 g/mol. The highest BCUT2D eigenvalue weighted by atomic mass is 35.5. The molecule has 0 fully saturated rings. The van der Waals surface area contributed by atoms with E-state index >= 15 is 0 Å². The molecular weight excluding hydrogens is 523 g/mol. The standard InChI is InChI=1S/C23H18Cl2N8O2S/c24-15-6-7-18(33-12-20(25)29-30-33)16(9-15)17-10-22(34)32(13-26-17)19(8-14-4-2-1-3-5-14)23(35)28-21-11-27-31-36-21/h1-7,9-13,19,29-30H,8H2,(H,28,35)/t19-/m0/s1. The zero-order chi connectivity index (χ0) is 25.1. The highest BCUT2D eigenvalue weighted by Gasteiger charge is 2.24. The van der Waals surface area contributed by atoms with Crippen molar-refractivity contribution >= 4 is 51.3 Å². The number of amides is 1. The van der Waals surface area contributed by atoms with Crippen LogP contribution in [0.2, 0.25) is 5.02 Å². The number of nitrogens with one attached hydrogen (secondary N) is 3. The lowest BCUT2D eigenvalue weighted by molar-refractivity contribution is -0.119.